The average Bonchev–Trinajstić information content (AvgIpc) is 2.27. The van der Waals surface area contributed by atoms with Crippen LogP contribution in [0.4, 0.5) is 5.69 Å². The number of carbonyl (C=O) groups is 1. The van der Waals surface area contributed by atoms with E-state index in [9.17, 15) is 9.90 Å². The summed E-state index contributed by atoms with van der Waals surface area (Å²) >= 11 is 0. The summed E-state index contributed by atoms with van der Waals surface area (Å²) in [7, 11) is 1.62. The molecule has 0 radical (unpaired) electrons. The molecule has 0 heterocycles. The molecule has 18 heavy (non-hydrogen) atoms. The number of hydrogen-bond donors (Lipinski definition) is 2. The highest BCUT2D eigenvalue weighted by Crippen LogP contribution is 2.33. The van der Waals surface area contributed by atoms with Gasteiger partial charge in [0.15, 0.2) is 0 Å². The third-order valence-corrected chi connectivity index (χ3v) is 2.65. The van der Waals surface area contributed by atoms with Gasteiger partial charge < -0.3 is 15.2 Å². The van der Waals surface area contributed by atoms with E-state index in [-0.39, 0.29) is 5.41 Å². The topological polar surface area (TPSA) is 58.6 Å². The fourth-order valence-corrected chi connectivity index (χ4v) is 1.62. The van der Waals surface area contributed by atoms with Crippen molar-refractivity contribution in [1.29, 1.82) is 0 Å². The molecular weight excluding hydrogens is 230 g/mol. The summed E-state index contributed by atoms with van der Waals surface area (Å²) in [5, 5.41) is 11.8. The number of aliphatic hydroxyl groups excluding tert-OH is 1. The lowest BCUT2D eigenvalue weighted by Gasteiger charge is -2.23. The molecule has 4 nitrogen and oxygen atoms in total. The highest BCUT2D eigenvalue weighted by molar-refractivity contribution is 5.93. The van der Waals surface area contributed by atoms with Crippen LogP contribution in [-0.4, -0.2) is 24.2 Å². The molecular formula is C14H21NO3. The number of aliphatic hydroxyl groups is 1. The quantitative estimate of drug-likeness (QED) is 0.866. The zero-order chi connectivity index (χ0) is 13.9. The van der Waals surface area contributed by atoms with Crippen LogP contribution in [0.2, 0.25) is 0 Å². The third kappa shape index (κ3) is 3.47. The maximum atomic E-state index is 11.4. The molecule has 0 aliphatic carbocycles. The van der Waals surface area contributed by atoms with Gasteiger partial charge in [-0.05, 0) is 30.5 Å². The fraction of sp³-hybridized carbons (Fsp3) is 0.500. The highest BCUT2D eigenvalue weighted by atomic mass is 16.5. The van der Waals surface area contributed by atoms with Gasteiger partial charge in [0.2, 0.25) is 0 Å². The van der Waals surface area contributed by atoms with Crippen LogP contribution >= 0.6 is 0 Å². The van der Waals surface area contributed by atoms with Crippen LogP contribution in [0.3, 0.4) is 0 Å². The molecule has 0 spiro atoms. The summed E-state index contributed by atoms with van der Waals surface area (Å²) < 4.78 is 5.32. The molecule has 1 aromatic rings. The Labute approximate surface area is 108 Å². The molecule has 1 unspecified atom stereocenters. The number of methoxy groups -OCH3 is 1. The number of carbonyl (C=O) groups excluding carboxylic acids is 1. The Balaban J connectivity index is 3.08. The Morgan fingerprint density at radius 2 is 2.00 bits per heavy atom. The molecule has 0 aliphatic heterocycles. The molecule has 4 heteroatoms. The van der Waals surface area contributed by atoms with Crippen LogP contribution in [0.1, 0.15) is 33.3 Å². The van der Waals surface area contributed by atoms with E-state index in [0.717, 1.165) is 11.3 Å². The molecule has 0 saturated carbocycles. The minimum atomic E-state index is -1.02. The van der Waals surface area contributed by atoms with Gasteiger partial charge in [0.1, 0.15) is 11.9 Å². The number of nitrogens with one attached hydrogen (secondary N) is 1. The summed E-state index contributed by atoms with van der Waals surface area (Å²) in [5.41, 5.74) is 1.58. The Bertz CT molecular complexity index is 433. The van der Waals surface area contributed by atoms with Gasteiger partial charge in [-0.1, -0.05) is 20.8 Å². The molecule has 100 valence electrons. The summed E-state index contributed by atoms with van der Waals surface area (Å²) in [5.74, 6) is 0.373. The van der Waals surface area contributed by atoms with E-state index in [4.69, 9.17) is 4.74 Å². The number of rotatable bonds is 3. The second-order valence-corrected chi connectivity index (χ2v) is 5.33. The first kappa shape index (κ1) is 14.5. The summed E-state index contributed by atoms with van der Waals surface area (Å²) in [6.45, 7) is 7.66. The van der Waals surface area contributed by atoms with Gasteiger partial charge in [0, 0.05) is 11.3 Å². The number of ether oxygens (including phenoxy) is 1. The predicted molar refractivity (Wildman–Crippen MR) is 72.0 cm³/mol. The summed E-state index contributed by atoms with van der Waals surface area (Å²) in [4.78, 5) is 11.4. The van der Waals surface area contributed by atoms with E-state index < -0.39 is 12.0 Å². The van der Waals surface area contributed by atoms with Gasteiger partial charge in [-0.2, -0.15) is 0 Å². The van der Waals surface area contributed by atoms with Gasteiger partial charge in [0.25, 0.3) is 5.91 Å². The summed E-state index contributed by atoms with van der Waals surface area (Å²) in [6, 6.07) is 5.45. The Hall–Kier alpha value is -1.55. The Kier molecular flexibility index (Phi) is 4.35. The number of amides is 1. The molecule has 0 aliphatic rings. The van der Waals surface area contributed by atoms with Crippen molar-refractivity contribution in [2.45, 2.75) is 39.2 Å². The Morgan fingerprint density at radius 3 is 2.44 bits per heavy atom. The van der Waals surface area contributed by atoms with Crippen molar-refractivity contribution < 1.29 is 14.6 Å². The minimum absolute atomic E-state index is 0.0864. The molecule has 0 bridgehead atoms. The van der Waals surface area contributed by atoms with Crippen LogP contribution in [0, 0.1) is 0 Å². The second-order valence-electron chi connectivity index (χ2n) is 5.33. The molecule has 0 fully saturated rings. The van der Waals surface area contributed by atoms with Crippen LogP contribution in [0.15, 0.2) is 18.2 Å². The van der Waals surface area contributed by atoms with Gasteiger partial charge in [-0.25, -0.2) is 0 Å². The number of anilines is 1. The fourth-order valence-electron chi connectivity index (χ4n) is 1.62. The van der Waals surface area contributed by atoms with Crippen molar-refractivity contribution in [3.8, 4) is 5.75 Å². The largest absolute Gasteiger partial charge is 0.496 e. The third-order valence-electron chi connectivity index (χ3n) is 2.65. The van der Waals surface area contributed by atoms with Crippen LogP contribution < -0.4 is 10.1 Å². The first-order chi connectivity index (χ1) is 8.25. The Morgan fingerprint density at radius 1 is 1.39 bits per heavy atom. The molecule has 1 rings (SSSR count). The van der Waals surface area contributed by atoms with Crippen molar-refractivity contribution in [2.24, 2.45) is 0 Å². The average molecular weight is 251 g/mol. The van der Waals surface area contributed by atoms with Crippen molar-refractivity contribution in [3.05, 3.63) is 23.8 Å². The van der Waals surface area contributed by atoms with E-state index in [0.29, 0.717) is 5.69 Å². The lowest BCUT2D eigenvalue weighted by molar-refractivity contribution is -0.123. The lowest BCUT2D eigenvalue weighted by Crippen LogP contribution is -2.24. The number of benzene rings is 1. The normalized spacial score (nSPS) is 13.0. The molecule has 0 saturated heterocycles. The monoisotopic (exact) mass is 251 g/mol. The first-order valence-electron chi connectivity index (χ1n) is 5.93. The van der Waals surface area contributed by atoms with Gasteiger partial charge in [0.05, 0.1) is 7.11 Å². The molecule has 2 N–H and O–H groups in total. The zero-order valence-electron chi connectivity index (χ0n) is 11.6. The predicted octanol–water partition coefficient (Wildman–Crippen LogP) is 2.31. The van der Waals surface area contributed by atoms with Crippen LogP contribution in [-0.2, 0) is 10.2 Å². The lowest BCUT2D eigenvalue weighted by atomic mass is 9.86. The maximum Gasteiger partial charge on any atom is 0.252 e. The standard InChI is InChI=1S/C14H21NO3/c1-9(16)13(17)15-10-6-7-12(18-5)11(8-10)14(2,3)4/h6-9,16H,1-5H3,(H,15,17). The van der Waals surface area contributed by atoms with Gasteiger partial charge in [-0.15, -0.1) is 0 Å². The van der Waals surface area contributed by atoms with Crippen molar-refractivity contribution in [3.63, 3.8) is 0 Å². The van der Waals surface area contributed by atoms with E-state index in [1.807, 2.05) is 12.1 Å². The molecule has 1 atom stereocenters. The van der Waals surface area contributed by atoms with E-state index in [1.54, 1.807) is 13.2 Å². The van der Waals surface area contributed by atoms with Gasteiger partial charge >= 0.3 is 0 Å². The molecule has 1 amide bonds. The van der Waals surface area contributed by atoms with Crippen LogP contribution in [0.25, 0.3) is 0 Å². The minimum Gasteiger partial charge on any atom is -0.496 e. The van der Waals surface area contributed by atoms with Gasteiger partial charge in [-0.3, -0.25) is 4.79 Å². The molecule has 1 aromatic carbocycles. The van der Waals surface area contributed by atoms with Crippen molar-refractivity contribution >= 4 is 11.6 Å². The summed E-state index contributed by atoms with van der Waals surface area (Å²) in [6.07, 6.45) is -1.02. The van der Waals surface area contributed by atoms with Crippen LogP contribution in [0.5, 0.6) is 5.75 Å². The van der Waals surface area contributed by atoms with E-state index >= 15 is 0 Å². The van der Waals surface area contributed by atoms with E-state index in [1.165, 1.54) is 6.92 Å². The smallest absolute Gasteiger partial charge is 0.252 e. The van der Waals surface area contributed by atoms with E-state index in [2.05, 4.69) is 26.1 Å². The highest BCUT2D eigenvalue weighted by Gasteiger charge is 2.20. The van der Waals surface area contributed by atoms with Crippen molar-refractivity contribution in [1.82, 2.24) is 0 Å². The SMILES string of the molecule is COc1ccc(NC(=O)C(C)O)cc1C(C)(C)C. The number of hydrogen-bond acceptors (Lipinski definition) is 3. The van der Waals surface area contributed by atoms with Crippen molar-refractivity contribution in [2.75, 3.05) is 12.4 Å². The first-order valence-corrected chi connectivity index (χ1v) is 5.93. The zero-order valence-corrected chi connectivity index (χ0v) is 11.6. The maximum absolute atomic E-state index is 11.4. The second kappa shape index (κ2) is 5.40. The molecule has 0 aromatic heterocycles.